The first kappa shape index (κ1) is 22.4. The fraction of sp³-hybridized carbons (Fsp3) is 0.476. The maximum Gasteiger partial charge on any atom is 0.415 e. The number of rotatable bonds is 6. The SMILES string of the molecule is C.CCOC(=O)N(c1ccccc1)C1(C(=O)OC)CCN(Cc2cnc[nH]2)CC1. The van der Waals surface area contributed by atoms with Crippen molar-refractivity contribution in [1.29, 1.82) is 0 Å². The fourth-order valence-electron chi connectivity index (χ4n) is 3.69. The predicted molar refractivity (Wildman–Crippen MR) is 111 cm³/mol. The molecule has 0 atom stereocenters. The molecular weight excluding hydrogens is 372 g/mol. The van der Waals surface area contributed by atoms with Crippen molar-refractivity contribution in [1.82, 2.24) is 14.9 Å². The van der Waals surface area contributed by atoms with E-state index in [-0.39, 0.29) is 14.0 Å². The molecule has 0 saturated carbocycles. The number of piperidine rings is 1. The summed E-state index contributed by atoms with van der Waals surface area (Å²) in [6.45, 7) is 3.96. The Hall–Kier alpha value is -2.87. The highest BCUT2D eigenvalue weighted by Crippen LogP contribution is 2.35. The summed E-state index contributed by atoms with van der Waals surface area (Å²) in [5.74, 6) is -0.425. The highest BCUT2D eigenvalue weighted by Gasteiger charge is 2.51. The molecule has 3 rings (SSSR count). The number of carbonyl (C=O) groups excluding carboxylic acids is 2. The van der Waals surface area contributed by atoms with Gasteiger partial charge in [0, 0.05) is 37.2 Å². The molecule has 1 aromatic carbocycles. The van der Waals surface area contributed by atoms with Crippen molar-refractivity contribution < 1.29 is 19.1 Å². The Balaban J connectivity index is 0.00000300. The van der Waals surface area contributed by atoms with E-state index in [1.54, 1.807) is 31.6 Å². The Bertz CT molecular complexity index is 771. The van der Waals surface area contributed by atoms with E-state index in [9.17, 15) is 9.59 Å². The Kier molecular flexibility index (Phi) is 7.78. The second-order valence-electron chi connectivity index (χ2n) is 6.75. The number of likely N-dealkylation sites (tertiary alicyclic amines) is 1. The number of anilines is 1. The van der Waals surface area contributed by atoms with Gasteiger partial charge in [-0.1, -0.05) is 25.6 Å². The van der Waals surface area contributed by atoms with Gasteiger partial charge >= 0.3 is 12.1 Å². The van der Waals surface area contributed by atoms with Crippen LogP contribution in [0.3, 0.4) is 0 Å². The first-order valence-corrected chi connectivity index (χ1v) is 9.41. The number of H-pyrrole nitrogens is 1. The molecule has 0 radical (unpaired) electrons. The summed E-state index contributed by atoms with van der Waals surface area (Å²) in [7, 11) is 1.36. The molecule has 1 fully saturated rings. The molecule has 1 aromatic heterocycles. The lowest BCUT2D eigenvalue weighted by atomic mass is 9.85. The summed E-state index contributed by atoms with van der Waals surface area (Å²) in [5.41, 5.74) is 0.525. The van der Waals surface area contributed by atoms with E-state index in [4.69, 9.17) is 9.47 Å². The minimum absolute atomic E-state index is 0. The number of aromatic nitrogens is 2. The van der Waals surface area contributed by atoms with Gasteiger partial charge in [-0.05, 0) is 31.9 Å². The standard InChI is InChI=1S/C20H26N4O4.CH4/c1-3-28-19(26)24(17-7-5-4-6-8-17)20(18(25)27-2)9-11-23(12-10-20)14-16-13-21-15-22-16;/h4-8,13,15H,3,9-12,14H2,1-2H3,(H,21,22);1H4. The van der Waals surface area contributed by atoms with E-state index in [0.717, 1.165) is 5.69 Å². The van der Waals surface area contributed by atoms with Gasteiger partial charge in [0.15, 0.2) is 5.54 Å². The number of hydrogen-bond acceptors (Lipinski definition) is 6. The topological polar surface area (TPSA) is 87.8 Å². The van der Waals surface area contributed by atoms with Crippen LogP contribution < -0.4 is 4.90 Å². The molecule has 0 bridgehead atoms. The maximum atomic E-state index is 12.9. The van der Waals surface area contributed by atoms with Gasteiger partial charge in [-0.2, -0.15) is 0 Å². The second kappa shape index (κ2) is 10.1. The van der Waals surface area contributed by atoms with Gasteiger partial charge in [-0.3, -0.25) is 9.80 Å². The number of benzene rings is 1. The fourth-order valence-corrected chi connectivity index (χ4v) is 3.69. The third-order valence-corrected chi connectivity index (χ3v) is 5.09. The first-order valence-electron chi connectivity index (χ1n) is 9.41. The second-order valence-corrected chi connectivity index (χ2v) is 6.75. The van der Waals surface area contributed by atoms with Gasteiger partial charge in [0.05, 0.1) is 20.0 Å². The minimum Gasteiger partial charge on any atom is -0.467 e. The van der Waals surface area contributed by atoms with Crippen molar-refractivity contribution in [3.8, 4) is 0 Å². The predicted octanol–water partition coefficient (Wildman–Crippen LogP) is 3.22. The summed E-state index contributed by atoms with van der Waals surface area (Å²) >= 11 is 0. The van der Waals surface area contributed by atoms with E-state index in [1.165, 1.54) is 12.0 Å². The number of methoxy groups -OCH3 is 1. The number of esters is 1. The highest BCUT2D eigenvalue weighted by molar-refractivity contribution is 5.99. The van der Waals surface area contributed by atoms with Crippen LogP contribution in [0.15, 0.2) is 42.9 Å². The van der Waals surface area contributed by atoms with Crippen molar-refractivity contribution in [2.45, 2.75) is 39.3 Å². The third kappa shape index (κ3) is 4.76. The summed E-state index contributed by atoms with van der Waals surface area (Å²) in [5, 5.41) is 0. The van der Waals surface area contributed by atoms with Gasteiger partial charge in [-0.15, -0.1) is 0 Å². The van der Waals surface area contributed by atoms with E-state index in [2.05, 4.69) is 14.9 Å². The number of amides is 1. The van der Waals surface area contributed by atoms with Crippen molar-refractivity contribution in [3.05, 3.63) is 48.5 Å². The monoisotopic (exact) mass is 402 g/mol. The zero-order valence-electron chi connectivity index (χ0n) is 16.3. The normalized spacial score (nSPS) is 15.8. The van der Waals surface area contributed by atoms with Crippen LogP contribution in [-0.2, 0) is 20.8 Å². The largest absolute Gasteiger partial charge is 0.467 e. The Morgan fingerprint density at radius 1 is 1.24 bits per heavy atom. The molecule has 158 valence electrons. The molecule has 8 nitrogen and oxygen atoms in total. The van der Waals surface area contributed by atoms with Crippen LogP contribution in [0.1, 0.15) is 32.9 Å². The zero-order chi connectivity index (χ0) is 20.0. The zero-order valence-corrected chi connectivity index (χ0v) is 16.3. The lowest BCUT2D eigenvalue weighted by molar-refractivity contribution is -0.149. The first-order chi connectivity index (χ1) is 13.6. The van der Waals surface area contributed by atoms with Crippen LogP contribution in [0.4, 0.5) is 10.5 Å². The molecule has 2 aromatic rings. The molecule has 8 heteroatoms. The highest BCUT2D eigenvalue weighted by atomic mass is 16.6. The van der Waals surface area contributed by atoms with Crippen LogP contribution >= 0.6 is 0 Å². The summed E-state index contributed by atoms with van der Waals surface area (Å²) in [4.78, 5) is 36.6. The van der Waals surface area contributed by atoms with Crippen LogP contribution in [0.5, 0.6) is 0 Å². The molecule has 1 N–H and O–H groups in total. The van der Waals surface area contributed by atoms with Crippen molar-refractivity contribution in [3.63, 3.8) is 0 Å². The number of aromatic amines is 1. The summed E-state index contributed by atoms with van der Waals surface area (Å²) in [6, 6.07) is 9.14. The van der Waals surface area contributed by atoms with E-state index in [0.29, 0.717) is 38.2 Å². The lowest BCUT2D eigenvalue weighted by Crippen LogP contribution is -2.62. The van der Waals surface area contributed by atoms with Gasteiger partial charge in [0.1, 0.15) is 0 Å². The third-order valence-electron chi connectivity index (χ3n) is 5.09. The van der Waals surface area contributed by atoms with Crippen LogP contribution in [0.25, 0.3) is 0 Å². The molecule has 1 aliphatic rings. The summed E-state index contributed by atoms with van der Waals surface area (Å²) in [6.07, 6.45) is 3.79. The number of nitrogens with zero attached hydrogens (tertiary/aromatic N) is 3. The number of carbonyl (C=O) groups is 2. The summed E-state index contributed by atoms with van der Waals surface area (Å²) < 4.78 is 10.4. The quantitative estimate of drug-likeness (QED) is 0.747. The Morgan fingerprint density at radius 2 is 1.93 bits per heavy atom. The molecular formula is C21H30N4O4. The molecule has 1 aliphatic heterocycles. The maximum absolute atomic E-state index is 12.9. The molecule has 29 heavy (non-hydrogen) atoms. The van der Waals surface area contributed by atoms with Gasteiger partial charge in [0.2, 0.25) is 0 Å². The molecule has 0 aliphatic carbocycles. The Labute approximate surface area is 171 Å². The number of imidazole rings is 1. The van der Waals surface area contributed by atoms with Crippen LogP contribution in [-0.4, -0.2) is 59.3 Å². The molecule has 0 spiro atoms. The number of para-hydroxylation sites is 1. The van der Waals surface area contributed by atoms with Crippen molar-refractivity contribution >= 4 is 17.7 Å². The molecule has 1 saturated heterocycles. The average molecular weight is 402 g/mol. The van der Waals surface area contributed by atoms with Gasteiger partial charge in [0.25, 0.3) is 0 Å². The number of ether oxygens (including phenoxy) is 2. The van der Waals surface area contributed by atoms with Gasteiger partial charge < -0.3 is 14.5 Å². The lowest BCUT2D eigenvalue weighted by Gasteiger charge is -2.45. The minimum atomic E-state index is -1.10. The van der Waals surface area contributed by atoms with E-state index < -0.39 is 17.6 Å². The van der Waals surface area contributed by atoms with Crippen molar-refractivity contribution in [2.75, 3.05) is 31.7 Å². The Morgan fingerprint density at radius 3 is 2.48 bits per heavy atom. The van der Waals surface area contributed by atoms with Crippen molar-refractivity contribution in [2.24, 2.45) is 0 Å². The van der Waals surface area contributed by atoms with Crippen LogP contribution in [0.2, 0.25) is 0 Å². The smallest absolute Gasteiger partial charge is 0.415 e. The average Bonchev–Trinajstić information content (AvgIpc) is 3.23. The van der Waals surface area contributed by atoms with E-state index in [1.807, 2.05) is 18.2 Å². The van der Waals surface area contributed by atoms with Gasteiger partial charge in [-0.25, -0.2) is 14.6 Å². The molecule has 1 amide bonds. The van der Waals surface area contributed by atoms with Crippen LogP contribution in [0, 0.1) is 0 Å². The number of hydrogen-bond donors (Lipinski definition) is 1. The molecule has 0 unspecified atom stereocenters. The molecule has 2 heterocycles. The number of nitrogens with one attached hydrogen (secondary N) is 1. The van der Waals surface area contributed by atoms with E-state index >= 15 is 0 Å².